The Kier molecular flexibility index (Phi) is 3.28. The molecule has 0 fully saturated rings. The molecule has 82 valence electrons. The van der Waals surface area contributed by atoms with Crippen LogP contribution in [0.15, 0.2) is 22.8 Å². The fraction of sp³-hybridized carbons (Fsp3) is 0.545. The summed E-state index contributed by atoms with van der Waals surface area (Å²) in [5.41, 5.74) is -0.800. The minimum atomic E-state index is -0.800. The Morgan fingerprint density at radius 3 is 3.00 bits per heavy atom. The Morgan fingerprint density at radius 2 is 2.53 bits per heavy atom. The molecular formula is C11H14BrNOS. The lowest BCUT2D eigenvalue weighted by Gasteiger charge is -2.29. The van der Waals surface area contributed by atoms with Crippen LogP contribution in [-0.4, -0.2) is 9.48 Å². The van der Waals surface area contributed by atoms with Crippen LogP contribution < -0.4 is 0 Å². The molecule has 1 heterocycles. The highest BCUT2D eigenvalue weighted by Crippen LogP contribution is 2.40. The van der Waals surface area contributed by atoms with Gasteiger partial charge in [-0.3, -0.25) is 0 Å². The summed E-state index contributed by atoms with van der Waals surface area (Å²) in [4.78, 5) is 0.924. The molecular weight excluding hydrogens is 274 g/mol. The predicted octanol–water partition coefficient (Wildman–Crippen LogP) is 3.47. The normalized spacial score (nSPS) is 30.7. The molecule has 0 bridgehead atoms. The van der Waals surface area contributed by atoms with Gasteiger partial charge in [0, 0.05) is 0 Å². The Labute approximate surface area is 102 Å². The third kappa shape index (κ3) is 2.17. The molecule has 0 aliphatic heterocycles. The third-order valence-corrected chi connectivity index (χ3v) is 4.82. The zero-order chi connectivity index (χ0) is 10.9. The van der Waals surface area contributed by atoms with Gasteiger partial charge in [-0.2, -0.15) is 4.37 Å². The van der Waals surface area contributed by atoms with Crippen molar-refractivity contribution in [3.8, 4) is 0 Å². The second-order valence-corrected chi connectivity index (χ2v) is 5.65. The van der Waals surface area contributed by atoms with Gasteiger partial charge in [0.1, 0.15) is 5.60 Å². The van der Waals surface area contributed by atoms with Crippen molar-refractivity contribution >= 4 is 27.5 Å². The monoisotopic (exact) mass is 287 g/mol. The highest BCUT2D eigenvalue weighted by molar-refractivity contribution is 9.10. The van der Waals surface area contributed by atoms with Crippen LogP contribution >= 0.6 is 27.5 Å². The Bertz CT molecular complexity index is 376. The predicted molar refractivity (Wildman–Crippen MR) is 65.9 cm³/mol. The van der Waals surface area contributed by atoms with Crippen LogP contribution in [0.25, 0.3) is 0 Å². The SMILES string of the molecule is CCC1C=CC(O)(c2sncc2Br)CC1. The van der Waals surface area contributed by atoms with Gasteiger partial charge in [-0.15, -0.1) is 0 Å². The fourth-order valence-corrected chi connectivity index (χ4v) is 3.45. The lowest BCUT2D eigenvalue weighted by atomic mass is 9.83. The Balaban J connectivity index is 2.26. The molecule has 0 aromatic carbocycles. The quantitative estimate of drug-likeness (QED) is 0.845. The van der Waals surface area contributed by atoms with Gasteiger partial charge in [0.05, 0.1) is 15.5 Å². The molecule has 1 aliphatic rings. The van der Waals surface area contributed by atoms with Crippen molar-refractivity contribution in [3.05, 3.63) is 27.7 Å². The van der Waals surface area contributed by atoms with E-state index in [4.69, 9.17) is 0 Å². The first-order chi connectivity index (χ1) is 7.15. The lowest BCUT2D eigenvalue weighted by molar-refractivity contribution is 0.0690. The van der Waals surface area contributed by atoms with Gasteiger partial charge in [0.2, 0.25) is 0 Å². The number of halogens is 1. The summed E-state index contributed by atoms with van der Waals surface area (Å²) in [7, 11) is 0. The van der Waals surface area contributed by atoms with E-state index in [1.807, 2.05) is 6.08 Å². The second-order valence-electron chi connectivity index (χ2n) is 3.99. The van der Waals surface area contributed by atoms with Gasteiger partial charge < -0.3 is 5.11 Å². The molecule has 2 nitrogen and oxygen atoms in total. The van der Waals surface area contributed by atoms with Crippen LogP contribution in [0.3, 0.4) is 0 Å². The van der Waals surface area contributed by atoms with Gasteiger partial charge in [-0.25, -0.2) is 0 Å². The number of allylic oxidation sites excluding steroid dienone is 1. The van der Waals surface area contributed by atoms with Crippen molar-refractivity contribution in [3.63, 3.8) is 0 Å². The lowest BCUT2D eigenvalue weighted by Crippen LogP contribution is -2.26. The summed E-state index contributed by atoms with van der Waals surface area (Å²) in [5, 5.41) is 10.5. The Morgan fingerprint density at radius 1 is 1.73 bits per heavy atom. The highest BCUT2D eigenvalue weighted by atomic mass is 79.9. The largest absolute Gasteiger partial charge is 0.380 e. The molecule has 0 saturated heterocycles. The fourth-order valence-electron chi connectivity index (χ4n) is 1.92. The number of aliphatic hydroxyl groups is 1. The summed E-state index contributed by atoms with van der Waals surface area (Å²) >= 11 is 4.79. The van der Waals surface area contributed by atoms with E-state index in [2.05, 4.69) is 33.3 Å². The van der Waals surface area contributed by atoms with E-state index in [0.717, 1.165) is 28.6 Å². The summed E-state index contributed by atoms with van der Waals surface area (Å²) in [6, 6.07) is 0. The first kappa shape index (κ1) is 11.3. The van der Waals surface area contributed by atoms with Crippen LogP contribution in [0.4, 0.5) is 0 Å². The van der Waals surface area contributed by atoms with Crippen molar-refractivity contribution in [2.24, 2.45) is 5.92 Å². The molecule has 4 heteroatoms. The van der Waals surface area contributed by atoms with Crippen molar-refractivity contribution in [2.75, 3.05) is 0 Å². The van der Waals surface area contributed by atoms with Gasteiger partial charge in [-0.05, 0) is 52.6 Å². The number of nitrogens with zero attached hydrogens (tertiary/aromatic N) is 1. The molecule has 0 radical (unpaired) electrons. The first-order valence-corrected chi connectivity index (χ1v) is 6.75. The van der Waals surface area contributed by atoms with Gasteiger partial charge in [-0.1, -0.05) is 19.1 Å². The molecule has 1 aromatic heterocycles. The Hall–Kier alpha value is -0.190. The number of hydrogen-bond acceptors (Lipinski definition) is 3. The minimum Gasteiger partial charge on any atom is -0.380 e. The third-order valence-electron chi connectivity index (χ3n) is 2.98. The summed E-state index contributed by atoms with van der Waals surface area (Å²) in [6.07, 6.45) is 8.81. The van der Waals surface area contributed by atoms with Crippen molar-refractivity contribution < 1.29 is 5.11 Å². The zero-order valence-electron chi connectivity index (χ0n) is 8.61. The van der Waals surface area contributed by atoms with Gasteiger partial charge in [0.15, 0.2) is 0 Å². The van der Waals surface area contributed by atoms with Crippen molar-refractivity contribution in [1.82, 2.24) is 4.37 Å². The van der Waals surface area contributed by atoms with Gasteiger partial charge in [0.25, 0.3) is 0 Å². The van der Waals surface area contributed by atoms with Crippen LogP contribution in [0, 0.1) is 5.92 Å². The molecule has 1 aromatic rings. The van der Waals surface area contributed by atoms with Crippen LogP contribution in [0.1, 0.15) is 31.1 Å². The molecule has 0 amide bonds. The molecule has 2 unspecified atom stereocenters. The number of hydrogen-bond donors (Lipinski definition) is 1. The summed E-state index contributed by atoms with van der Waals surface area (Å²) in [6.45, 7) is 2.18. The first-order valence-electron chi connectivity index (χ1n) is 5.18. The molecule has 2 atom stereocenters. The molecule has 1 N–H and O–H groups in total. The molecule has 0 spiro atoms. The van der Waals surface area contributed by atoms with Gasteiger partial charge >= 0.3 is 0 Å². The summed E-state index contributed by atoms with van der Waals surface area (Å²) < 4.78 is 4.99. The van der Waals surface area contributed by atoms with E-state index in [9.17, 15) is 5.11 Å². The summed E-state index contributed by atoms with van der Waals surface area (Å²) in [5.74, 6) is 0.622. The molecule has 2 rings (SSSR count). The van der Waals surface area contributed by atoms with E-state index < -0.39 is 5.60 Å². The maximum atomic E-state index is 10.5. The average molecular weight is 288 g/mol. The standard InChI is InChI=1S/C11H14BrNOS/c1-2-8-3-5-11(14,6-4-8)10-9(12)7-13-15-10/h3,5,7-8,14H,2,4,6H2,1H3. The minimum absolute atomic E-state index is 0.622. The number of rotatable bonds is 2. The maximum absolute atomic E-state index is 10.5. The zero-order valence-corrected chi connectivity index (χ0v) is 11.0. The van der Waals surface area contributed by atoms with Crippen LogP contribution in [0.2, 0.25) is 0 Å². The molecule has 1 aliphatic carbocycles. The van der Waals surface area contributed by atoms with E-state index >= 15 is 0 Å². The van der Waals surface area contributed by atoms with E-state index in [1.165, 1.54) is 11.5 Å². The van der Waals surface area contributed by atoms with E-state index in [-0.39, 0.29) is 0 Å². The molecule has 0 saturated carbocycles. The maximum Gasteiger partial charge on any atom is 0.120 e. The smallest absolute Gasteiger partial charge is 0.120 e. The number of aromatic nitrogens is 1. The van der Waals surface area contributed by atoms with Crippen LogP contribution in [0.5, 0.6) is 0 Å². The van der Waals surface area contributed by atoms with Crippen molar-refractivity contribution in [1.29, 1.82) is 0 Å². The van der Waals surface area contributed by atoms with E-state index in [0.29, 0.717) is 5.92 Å². The highest BCUT2D eigenvalue weighted by Gasteiger charge is 2.33. The van der Waals surface area contributed by atoms with Crippen LogP contribution in [-0.2, 0) is 5.60 Å². The molecule has 15 heavy (non-hydrogen) atoms. The second kappa shape index (κ2) is 4.36. The average Bonchev–Trinajstić information content (AvgIpc) is 2.66. The van der Waals surface area contributed by atoms with Crippen molar-refractivity contribution in [2.45, 2.75) is 31.8 Å². The van der Waals surface area contributed by atoms with E-state index in [1.54, 1.807) is 6.20 Å². The topological polar surface area (TPSA) is 33.1 Å².